The average molecular weight is 400 g/mol. The van der Waals surface area contributed by atoms with Crippen LogP contribution >= 0.6 is 0 Å². The van der Waals surface area contributed by atoms with Gasteiger partial charge in [0.2, 0.25) is 8.32 Å². The van der Waals surface area contributed by atoms with Crippen LogP contribution in [0, 0.1) is 0 Å². The molecule has 0 aliphatic carbocycles. The van der Waals surface area contributed by atoms with Gasteiger partial charge in [-0.25, -0.2) is 0 Å². The lowest BCUT2D eigenvalue weighted by molar-refractivity contribution is 0.178. The highest BCUT2D eigenvalue weighted by Crippen LogP contribution is 2.43. The summed E-state index contributed by atoms with van der Waals surface area (Å²) in [5.74, 6) is 0. The number of rotatable bonds is 7. The van der Waals surface area contributed by atoms with Gasteiger partial charge in [0.05, 0.1) is 6.10 Å². The first kappa shape index (κ1) is 23.1. The number of nitrogens with zero attached hydrogens (tertiary/aromatic N) is 1. The Bertz CT molecular complexity index is 613. The molecule has 1 aromatic rings. The van der Waals surface area contributed by atoms with Crippen molar-refractivity contribution in [2.75, 3.05) is 13.1 Å². The minimum atomic E-state index is -1.88. The minimum Gasteiger partial charge on any atom is -0.410 e. The van der Waals surface area contributed by atoms with Gasteiger partial charge in [-0.15, -0.1) is 0 Å². The van der Waals surface area contributed by atoms with E-state index in [0.29, 0.717) is 16.6 Å². The molecule has 2 nitrogen and oxygen atoms in total. The number of allylic oxidation sites excluding steroid dienone is 1. The second-order valence-corrected chi connectivity index (χ2v) is 14.7. The smallest absolute Gasteiger partial charge is 0.201 e. The van der Waals surface area contributed by atoms with E-state index in [1.54, 1.807) is 0 Å². The molecule has 1 aliphatic heterocycles. The minimum absolute atomic E-state index is 0.211. The van der Waals surface area contributed by atoms with E-state index < -0.39 is 8.32 Å². The van der Waals surface area contributed by atoms with E-state index in [1.165, 1.54) is 11.1 Å². The van der Waals surface area contributed by atoms with Crippen LogP contribution in [0.4, 0.5) is 0 Å². The first-order chi connectivity index (χ1) is 13.3. The highest BCUT2D eigenvalue weighted by Gasteiger charge is 2.46. The highest BCUT2D eigenvalue weighted by atomic mass is 28.4. The molecule has 0 amide bonds. The SMILES string of the molecule is C=C1C/C=C\C(O[Si](C(C)C)(C(C)C)C(C)C)CCN(Cc2ccccc2)C1. The molecule has 0 fully saturated rings. The number of hydrogen-bond donors (Lipinski definition) is 0. The zero-order valence-electron chi connectivity index (χ0n) is 18.9. The Kier molecular flexibility index (Phi) is 8.72. The molecule has 0 aromatic heterocycles. The Morgan fingerprint density at radius 2 is 1.64 bits per heavy atom. The summed E-state index contributed by atoms with van der Waals surface area (Å²) in [4.78, 5) is 2.53. The van der Waals surface area contributed by atoms with Crippen LogP contribution in [0.3, 0.4) is 0 Å². The maximum atomic E-state index is 7.08. The van der Waals surface area contributed by atoms with Gasteiger partial charge in [-0.1, -0.05) is 96.2 Å². The maximum Gasteiger partial charge on any atom is 0.201 e. The molecule has 0 radical (unpaired) electrons. The summed E-state index contributed by atoms with van der Waals surface area (Å²) < 4.78 is 7.08. The molecule has 1 aromatic carbocycles. The standard InChI is InChI=1S/C25H41NOSi/c1-20(2)28(21(3)4,22(5)6)27-25-15-11-12-23(7)18-26(17-16-25)19-24-13-9-8-10-14-24/h8-11,13-15,20-22,25H,7,12,16-19H2,1-6H3/b15-11-. The van der Waals surface area contributed by atoms with Gasteiger partial charge in [0.25, 0.3) is 0 Å². The molecule has 0 spiro atoms. The van der Waals surface area contributed by atoms with Crippen LogP contribution in [0.2, 0.25) is 16.6 Å². The molecular formula is C25H41NOSi. The fourth-order valence-corrected chi connectivity index (χ4v) is 10.5. The third-order valence-corrected chi connectivity index (χ3v) is 12.4. The molecule has 1 atom stereocenters. The molecule has 1 aliphatic rings. The third-order valence-electron chi connectivity index (χ3n) is 6.25. The monoisotopic (exact) mass is 399 g/mol. The molecule has 0 saturated carbocycles. The van der Waals surface area contributed by atoms with Gasteiger partial charge in [-0.05, 0) is 35.0 Å². The molecule has 2 rings (SSSR count). The second kappa shape index (κ2) is 10.6. The van der Waals surface area contributed by atoms with E-state index >= 15 is 0 Å². The van der Waals surface area contributed by atoms with Gasteiger partial charge in [-0.2, -0.15) is 0 Å². The van der Waals surface area contributed by atoms with Crippen LogP contribution in [0.5, 0.6) is 0 Å². The van der Waals surface area contributed by atoms with Crippen molar-refractivity contribution in [3.05, 3.63) is 60.2 Å². The van der Waals surface area contributed by atoms with Crippen molar-refractivity contribution >= 4 is 8.32 Å². The van der Waals surface area contributed by atoms with E-state index in [1.807, 2.05) is 0 Å². The predicted octanol–water partition coefficient (Wildman–Crippen LogP) is 6.96. The lowest BCUT2D eigenvalue weighted by Gasteiger charge is -2.44. The Labute approximate surface area is 174 Å². The first-order valence-electron chi connectivity index (χ1n) is 11.0. The van der Waals surface area contributed by atoms with Crippen LogP contribution < -0.4 is 0 Å². The zero-order chi connectivity index (χ0) is 20.7. The van der Waals surface area contributed by atoms with Crippen LogP contribution in [-0.4, -0.2) is 32.4 Å². The van der Waals surface area contributed by atoms with E-state index in [2.05, 4.69) is 95.5 Å². The molecule has 0 bridgehead atoms. The molecule has 1 heterocycles. The molecule has 0 saturated heterocycles. The number of hydrogen-bond acceptors (Lipinski definition) is 2. The maximum absolute atomic E-state index is 7.08. The Balaban J connectivity index is 2.17. The van der Waals surface area contributed by atoms with Crippen molar-refractivity contribution in [1.29, 1.82) is 0 Å². The summed E-state index contributed by atoms with van der Waals surface area (Å²) in [6.45, 7) is 21.5. The molecule has 1 unspecified atom stereocenters. The Morgan fingerprint density at radius 3 is 2.21 bits per heavy atom. The van der Waals surface area contributed by atoms with Gasteiger partial charge in [0.15, 0.2) is 0 Å². The van der Waals surface area contributed by atoms with E-state index in [4.69, 9.17) is 4.43 Å². The third kappa shape index (κ3) is 5.92. The van der Waals surface area contributed by atoms with Crippen LogP contribution in [0.25, 0.3) is 0 Å². The fourth-order valence-electron chi connectivity index (χ4n) is 5.00. The summed E-state index contributed by atoms with van der Waals surface area (Å²) in [6, 6.07) is 10.8. The molecule has 156 valence electrons. The van der Waals surface area contributed by atoms with Crippen LogP contribution in [-0.2, 0) is 11.0 Å². The first-order valence-corrected chi connectivity index (χ1v) is 13.2. The largest absolute Gasteiger partial charge is 0.410 e. The van der Waals surface area contributed by atoms with Gasteiger partial charge < -0.3 is 4.43 Å². The molecule has 3 heteroatoms. The van der Waals surface area contributed by atoms with Crippen molar-refractivity contribution in [2.24, 2.45) is 0 Å². The molecular weight excluding hydrogens is 358 g/mol. The number of benzene rings is 1. The Hall–Kier alpha value is -1.16. The fraction of sp³-hybridized carbons (Fsp3) is 0.600. The van der Waals surface area contributed by atoms with Crippen molar-refractivity contribution in [2.45, 2.75) is 83.7 Å². The van der Waals surface area contributed by atoms with Gasteiger partial charge in [0, 0.05) is 19.6 Å². The Morgan fingerprint density at radius 1 is 1.04 bits per heavy atom. The van der Waals surface area contributed by atoms with E-state index in [0.717, 1.165) is 32.5 Å². The van der Waals surface area contributed by atoms with Crippen molar-refractivity contribution < 1.29 is 4.43 Å². The topological polar surface area (TPSA) is 12.5 Å². The average Bonchev–Trinajstić information content (AvgIpc) is 2.70. The molecule has 0 N–H and O–H groups in total. The van der Waals surface area contributed by atoms with Gasteiger partial charge in [-0.3, -0.25) is 4.90 Å². The summed E-state index contributed by atoms with van der Waals surface area (Å²) in [6.07, 6.45) is 6.83. The van der Waals surface area contributed by atoms with Gasteiger partial charge in [0.1, 0.15) is 0 Å². The van der Waals surface area contributed by atoms with E-state index in [9.17, 15) is 0 Å². The normalized spacial score (nSPS) is 21.0. The summed E-state index contributed by atoms with van der Waals surface area (Å²) in [5, 5.41) is 0. The van der Waals surface area contributed by atoms with Crippen LogP contribution in [0.15, 0.2) is 54.6 Å². The lowest BCUT2D eigenvalue weighted by atomic mass is 10.1. The predicted molar refractivity (Wildman–Crippen MR) is 125 cm³/mol. The van der Waals surface area contributed by atoms with Gasteiger partial charge >= 0.3 is 0 Å². The van der Waals surface area contributed by atoms with Crippen LogP contribution in [0.1, 0.15) is 59.9 Å². The van der Waals surface area contributed by atoms with E-state index in [-0.39, 0.29) is 6.10 Å². The molecule has 28 heavy (non-hydrogen) atoms. The zero-order valence-corrected chi connectivity index (χ0v) is 19.9. The summed E-state index contributed by atoms with van der Waals surface area (Å²) in [7, 11) is -1.88. The second-order valence-electron chi connectivity index (χ2n) is 9.34. The van der Waals surface area contributed by atoms with Crippen molar-refractivity contribution in [3.63, 3.8) is 0 Å². The van der Waals surface area contributed by atoms with Crippen molar-refractivity contribution in [1.82, 2.24) is 4.90 Å². The quantitative estimate of drug-likeness (QED) is 0.363. The highest BCUT2D eigenvalue weighted by molar-refractivity contribution is 6.77. The lowest BCUT2D eigenvalue weighted by Crippen LogP contribution is -2.50. The summed E-state index contributed by atoms with van der Waals surface area (Å²) in [5.41, 5.74) is 4.50. The summed E-state index contributed by atoms with van der Waals surface area (Å²) >= 11 is 0. The van der Waals surface area contributed by atoms with Crippen molar-refractivity contribution in [3.8, 4) is 0 Å².